The number of methoxy groups -OCH3 is 1. The Morgan fingerprint density at radius 2 is 1.85 bits per heavy atom. The van der Waals surface area contributed by atoms with E-state index in [1.807, 2.05) is 25.1 Å². The van der Waals surface area contributed by atoms with Gasteiger partial charge in [-0.15, -0.1) is 0 Å². The lowest BCUT2D eigenvalue weighted by atomic mass is 10.1. The summed E-state index contributed by atoms with van der Waals surface area (Å²) in [6.07, 6.45) is 1.05. The van der Waals surface area contributed by atoms with E-state index in [0.29, 0.717) is 5.56 Å². The van der Waals surface area contributed by atoms with Crippen molar-refractivity contribution < 1.29 is 9.53 Å². The first-order chi connectivity index (χ1) is 9.63. The van der Waals surface area contributed by atoms with Crippen molar-refractivity contribution in [1.29, 1.82) is 0 Å². The number of aryl methyl sites for hydroxylation is 2. The van der Waals surface area contributed by atoms with Crippen LogP contribution in [0.3, 0.4) is 0 Å². The van der Waals surface area contributed by atoms with Crippen molar-refractivity contribution >= 4 is 17.7 Å². The molecule has 2 aromatic rings. The summed E-state index contributed by atoms with van der Waals surface area (Å²) in [6, 6.07) is 14.2. The van der Waals surface area contributed by atoms with Crippen molar-refractivity contribution in [3.8, 4) is 0 Å². The number of carbonyl (C=O) groups excluding carboxylic acids is 1. The molecule has 0 aromatic heterocycles. The van der Waals surface area contributed by atoms with Gasteiger partial charge in [-0.3, -0.25) is 0 Å². The molecular weight excluding hydrogens is 268 g/mol. The van der Waals surface area contributed by atoms with Crippen LogP contribution in [0.15, 0.2) is 52.3 Å². The van der Waals surface area contributed by atoms with E-state index in [9.17, 15) is 4.79 Å². The van der Waals surface area contributed by atoms with Crippen LogP contribution in [0.4, 0.5) is 0 Å². The molecule has 2 nitrogen and oxygen atoms in total. The zero-order valence-corrected chi connectivity index (χ0v) is 12.8. The first-order valence-electron chi connectivity index (χ1n) is 6.59. The molecule has 3 heteroatoms. The minimum absolute atomic E-state index is 0.294. The highest BCUT2D eigenvalue weighted by Crippen LogP contribution is 2.31. The van der Waals surface area contributed by atoms with Gasteiger partial charge in [-0.2, -0.15) is 0 Å². The van der Waals surface area contributed by atoms with Gasteiger partial charge in [-0.1, -0.05) is 30.8 Å². The van der Waals surface area contributed by atoms with E-state index < -0.39 is 0 Å². The Morgan fingerprint density at radius 3 is 2.40 bits per heavy atom. The SMILES string of the molecule is CCc1ccc(Sc2ccc(C(=O)OC)cc2C)cc1. The number of esters is 1. The molecule has 0 amide bonds. The van der Waals surface area contributed by atoms with E-state index in [4.69, 9.17) is 4.74 Å². The lowest BCUT2D eigenvalue weighted by molar-refractivity contribution is 0.0600. The van der Waals surface area contributed by atoms with Crippen LogP contribution in [0.25, 0.3) is 0 Å². The molecule has 0 saturated heterocycles. The van der Waals surface area contributed by atoms with Gasteiger partial charge in [0, 0.05) is 9.79 Å². The van der Waals surface area contributed by atoms with Crippen molar-refractivity contribution in [2.24, 2.45) is 0 Å². The number of rotatable bonds is 4. The third-order valence-electron chi connectivity index (χ3n) is 3.16. The molecule has 2 aromatic carbocycles. The van der Waals surface area contributed by atoms with E-state index in [1.54, 1.807) is 11.8 Å². The molecule has 0 saturated carbocycles. The van der Waals surface area contributed by atoms with Gasteiger partial charge in [0.25, 0.3) is 0 Å². The van der Waals surface area contributed by atoms with Gasteiger partial charge in [-0.25, -0.2) is 4.79 Å². The molecule has 104 valence electrons. The molecule has 0 fully saturated rings. The molecule has 2 rings (SSSR count). The molecule has 0 atom stereocenters. The minimum Gasteiger partial charge on any atom is -0.465 e. The average Bonchev–Trinajstić information content (AvgIpc) is 2.49. The Balaban J connectivity index is 2.18. The summed E-state index contributed by atoms with van der Waals surface area (Å²) in [7, 11) is 1.40. The number of hydrogen-bond acceptors (Lipinski definition) is 3. The molecule has 0 aliphatic rings. The summed E-state index contributed by atoms with van der Waals surface area (Å²) in [5.74, 6) is -0.294. The highest BCUT2D eigenvalue weighted by Gasteiger charge is 2.08. The fourth-order valence-electron chi connectivity index (χ4n) is 1.93. The molecule has 0 heterocycles. The smallest absolute Gasteiger partial charge is 0.337 e. The molecular formula is C17H18O2S. The third-order valence-corrected chi connectivity index (χ3v) is 4.34. The van der Waals surface area contributed by atoms with Crippen molar-refractivity contribution in [3.05, 3.63) is 59.2 Å². The molecule has 0 radical (unpaired) electrons. The van der Waals surface area contributed by atoms with E-state index in [-0.39, 0.29) is 5.97 Å². The second kappa shape index (κ2) is 6.62. The normalized spacial score (nSPS) is 10.3. The predicted molar refractivity (Wildman–Crippen MR) is 82.5 cm³/mol. The fourth-order valence-corrected chi connectivity index (χ4v) is 2.81. The minimum atomic E-state index is -0.294. The van der Waals surface area contributed by atoms with Crippen LogP contribution in [0.5, 0.6) is 0 Å². The van der Waals surface area contributed by atoms with E-state index in [2.05, 4.69) is 31.2 Å². The monoisotopic (exact) mass is 286 g/mol. The second-order valence-corrected chi connectivity index (χ2v) is 5.69. The zero-order chi connectivity index (χ0) is 14.5. The van der Waals surface area contributed by atoms with Gasteiger partial charge in [0.15, 0.2) is 0 Å². The summed E-state index contributed by atoms with van der Waals surface area (Å²) in [5.41, 5.74) is 3.01. The van der Waals surface area contributed by atoms with Crippen molar-refractivity contribution in [2.45, 2.75) is 30.1 Å². The van der Waals surface area contributed by atoms with E-state index in [1.165, 1.54) is 17.6 Å². The largest absolute Gasteiger partial charge is 0.465 e. The molecule has 20 heavy (non-hydrogen) atoms. The van der Waals surface area contributed by atoms with Gasteiger partial charge < -0.3 is 4.74 Å². The van der Waals surface area contributed by atoms with E-state index in [0.717, 1.165) is 16.9 Å². The molecule has 0 aliphatic carbocycles. The van der Waals surface area contributed by atoms with Gasteiger partial charge >= 0.3 is 5.97 Å². The first kappa shape index (κ1) is 14.7. The quantitative estimate of drug-likeness (QED) is 0.774. The summed E-state index contributed by atoms with van der Waals surface area (Å²) >= 11 is 1.71. The highest BCUT2D eigenvalue weighted by molar-refractivity contribution is 7.99. The molecule has 0 N–H and O–H groups in total. The van der Waals surface area contributed by atoms with Gasteiger partial charge in [0.2, 0.25) is 0 Å². The van der Waals surface area contributed by atoms with Gasteiger partial charge in [0.1, 0.15) is 0 Å². The standard InChI is InChI=1S/C17H18O2S/c1-4-13-5-8-15(9-6-13)20-16-10-7-14(11-12(16)2)17(18)19-3/h5-11H,4H2,1-3H3. The van der Waals surface area contributed by atoms with Crippen LogP contribution < -0.4 is 0 Å². The Morgan fingerprint density at radius 1 is 1.15 bits per heavy atom. The zero-order valence-electron chi connectivity index (χ0n) is 12.0. The van der Waals surface area contributed by atoms with Crippen LogP contribution in [-0.4, -0.2) is 13.1 Å². The second-order valence-electron chi connectivity index (χ2n) is 4.57. The Labute approximate surface area is 124 Å². The number of carbonyl (C=O) groups is 1. The maximum atomic E-state index is 11.5. The van der Waals surface area contributed by atoms with Crippen LogP contribution >= 0.6 is 11.8 Å². The molecule has 0 bridgehead atoms. The maximum absolute atomic E-state index is 11.5. The molecule has 0 aliphatic heterocycles. The third kappa shape index (κ3) is 3.42. The topological polar surface area (TPSA) is 26.3 Å². The summed E-state index contributed by atoms with van der Waals surface area (Å²) < 4.78 is 4.73. The first-order valence-corrected chi connectivity index (χ1v) is 7.41. The molecule has 0 unspecified atom stereocenters. The average molecular weight is 286 g/mol. The summed E-state index contributed by atoms with van der Waals surface area (Å²) in [6.45, 7) is 4.16. The number of hydrogen-bond donors (Lipinski definition) is 0. The van der Waals surface area contributed by atoms with Crippen molar-refractivity contribution in [1.82, 2.24) is 0 Å². The summed E-state index contributed by atoms with van der Waals surface area (Å²) in [4.78, 5) is 13.8. The van der Waals surface area contributed by atoms with Gasteiger partial charge in [0.05, 0.1) is 12.7 Å². The predicted octanol–water partition coefficient (Wildman–Crippen LogP) is 4.50. The number of ether oxygens (including phenoxy) is 1. The highest BCUT2D eigenvalue weighted by atomic mass is 32.2. The maximum Gasteiger partial charge on any atom is 0.337 e. The van der Waals surface area contributed by atoms with E-state index >= 15 is 0 Å². The molecule has 0 spiro atoms. The van der Waals surface area contributed by atoms with Crippen molar-refractivity contribution in [3.63, 3.8) is 0 Å². The van der Waals surface area contributed by atoms with Crippen molar-refractivity contribution in [2.75, 3.05) is 7.11 Å². The Bertz CT molecular complexity index is 603. The lowest BCUT2D eigenvalue weighted by Gasteiger charge is -2.08. The van der Waals surface area contributed by atoms with Crippen LogP contribution in [-0.2, 0) is 11.2 Å². The van der Waals surface area contributed by atoms with Crippen LogP contribution in [0, 0.1) is 6.92 Å². The van der Waals surface area contributed by atoms with Crippen LogP contribution in [0.2, 0.25) is 0 Å². The summed E-state index contributed by atoms with van der Waals surface area (Å²) in [5, 5.41) is 0. The fraction of sp³-hybridized carbons (Fsp3) is 0.235. The Kier molecular flexibility index (Phi) is 4.85. The lowest BCUT2D eigenvalue weighted by Crippen LogP contribution is -2.01. The van der Waals surface area contributed by atoms with Crippen LogP contribution in [0.1, 0.15) is 28.4 Å². The Hall–Kier alpha value is -1.74. The van der Waals surface area contributed by atoms with Gasteiger partial charge in [-0.05, 0) is 54.8 Å². The number of benzene rings is 2.